The number of piperidine rings is 2. The van der Waals surface area contributed by atoms with E-state index in [-0.39, 0.29) is 38.3 Å². The Hall–Kier alpha value is -4.90. The molecular weight excluding hydrogens is 704 g/mol. The van der Waals surface area contributed by atoms with E-state index in [0.717, 1.165) is 24.9 Å². The molecule has 6 rings (SSSR count). The number of benzene rings is 1. The lowest BCUT2D eigenvalue weighted by atomic mass is 9.53. The molecule has 2 bridgehead atoms. The summed E-state index contributed by atoms with van der Waals surface area (Å²) in [6.07, 6.45) is 3.87. The van der Waals surface area contributed by atoms with Crippen LogP contribution in [-0.4, -0.2) is 127 Å². The average molecular weight is 755 g/mol. The van der Waals surface area contributed by atoms with E-state index in [1.165, 1.54) is 10.5 Å². The molecule has 2 saturated heterocycles. The van der Waals surface area contributed by atoms with Gasteiger partial charge in [0.05, 0.1) is 25.6 Å². The number of likely N-dealkylation sites (tertiary alicyclic amines) is 2. The molecule has 1 aromatic carbocycles. The van der Waals surface area contributed by atoms with E-state index in [0.29, 0.717) is 49.1 Å². The van der Waals surface area contributed by atoms with Gasteiger partial charge < -0.3 is 55.9 Å². The second-order valence-electron chi connectivity index (χ2n) is 14.9. The van der Waals surface area contributed by atoms with Crippen molar-refractivity contribution in [2.24, 2.45) is 17.6 Å². The largest absolute Gasteiger partial charge is 0.493 e. The highest BCUT2D eigenvalue weighted by Gasteiger charge is 2.65. The van der Waals surface area contributed by atoms with Crippen molar-refractivity contribution >= 4 is 35.8 Å². The molecule has 7 atom stereocenters. The number of methoxy groups -OCH3 is 1. The Morgan fingerprint density at radius 2 is 1.89 bits per heavy atom. The summed E-state index contributed by atoms with van der Waals surface area (Å²) in [5.74, 6) is -3.26. The third-order valence-electron chi connectivity index (χ3n) is 11.8. The third kappa shape index (κ3) is 7.56. The first-order chi connectivity index (χ1) is 25.9. The fourth-order valence-electron chi connectivity index (χ4n) is 9.16. The minimum absolute atomic E-state index is 0.0650. The van der Waals surface area contributed by atoms with Gasteiger partial charge in [-0.3, -0.25) is 24.0 Å². The van der Waals surface area contributed by atoms with Crippen molar-refractivity contribution in [3.05, 3.63) is 35.1 Å². The molecule has 2 fully saturated rings. The Morgan fingerprint density at radius 1 is 1.09 bits per heavy atom. The van der Waals surface area contributed by atoms with Crippen molar-refractivity contribution in [2.75, 3.05) is 46.9 Å². The number of amides is 4. The topological polar surface area (TPSA) is 239 Å². The zero-order chi connectivity index (χ0) is 38.7. The molecule has 0 radical (unpaired) electrons. The first kappa shape index (κ1) is 38.8. The number of likely N-dealkylation sites (N-methyl/N-ethyl adjacent to an activating group) is 1. The highest BCUT2D eigenvalue weighted by Crippen LogP contribution is 2.63. The molecule has 7 N–H and O–H groups in total. The van der Waals surface area contributed by atoms with Gasteiger partial charge in [0, 0.05) is 30.1 Å². The highest BCUT2D eigenvalue weighted by molar-refractivity contribution is 5.95. The number of unbranched alkanes of at least 4 members (excludes halogenated alkanes) is 1. The second kappa shape index (κ2) is 16.2. The number of hydrogen-bond donors (Lipinski definition) is 6. The van der Waals surface area contributed by atoms with Crippen LogP contribution in [-0.2, 0) is 40.5 Å². The third-order valence-corrected chi connectivity index (χ3v) is 11.8. The Morgan fingerprint density at radius 3 is 2.61 bits per heavy atom. The lowest BCUT2D eigenvalue weighted by Crippen LogP contribution is -2.63. The van der Waals surface area contributed by atoms with Crippen LogP contribution in [0, 0.1) is 11.8 Å². The zero-order valence-corrected chi connectivity index (χ0v) is 30.6. The Bertz CT molecular complexity index is 1700. The van der Waals surface area contributed by atoms with Crippen LogP contribution in [0.1, 0.15) is 62.5 Å². The monoisotopic (exact) mass is 754 g/mol. The first-order valence-corrected chi connectivity index (χ1v) is 18.6. The van der Waals surface area contributed by atoms with Gasteiger partial charge in [-0.1, -0.05) is 6.07 Å². The van der Waals surface area contributed by atoms with Crippen molar-refractivity contribution < 1.29 is 53.2 Å². The van der Waals surface area contributed by atoms with Gasteiger partial charge in [0.1, 0.15) is 18.2 Å². The molecule has 2 aliphatic carbocycles. The minimum Gasteiger partial charge on any atom is -0.493 e. The fourth-order valence-corrected chi connectivity index (χ4v) is 9.16. The van der Waals surface area contributed by atoms with Gasteiger partial charge >= 0.3 is 18.0 Å². The normalized spacial score (nSPS) is 27.0. The lowest BCUT2D eigenvalue weighted by molar-refractivity contribution is -0.144. The number of nitrogens with one attached hydrogen (secondary N) is 3. The van der Waals surface area contributed by atoms with Crippen molar-refractivity contribution in [1.29, 1.82) is 0 Å². The van der Waals surface area contributed by atoms with Crippen LogP contribution in [0.2, 0.25) is 0 Å². The van der Waals surface area contributed by atoms with Gasteiger partial charge in [-0.15, -0.1) is 0 Å². The molecular formula is C37H50N6O11. The van der Waals surface area contributed by atoms with Crippen molar-refractivity contribution in [2.45, 2.75) is 87.4 Å². The molecule has 5 aliphatic rings. The van der Waals surface area contributed by atoms with Crippen molar-refractivity contribution in [3.8, 4) is 11.5 Å². The predicted molar refractivity (Wildman–Crippen MR) is 190 cm³/mol. The summed E-state index contributed by atoms with van der Waals surface area (Å²) in [6.45, 7) is 0.665. The van der Waals surface area contributed by atoms with E-state index in [4.69, 9.17) is 25.1 Å². The number of carbonyl (C=O) groups is 6. The number of ether oxygens (including phenoxy) is 3. The molecule has 17 heteroatoms. The van der Waals surface area contributed by atoms with E-state index in [1.54, 1.807) is 7.11 Å². The molecule has 294 valence electrons. The minimum atomic E-state index is -1.35. The molecule has 1 aromatic rings. The van der Waals surface area contributed by atoms with Gasteiger partial charge in [0.25, 0.3) is 0 Å². The van der Waals surface area contributed by atoms with Crippen LogP contribution in [0.3, 0.4) is 0 Å². The molecule has 1 spiro atoms. The van der Waals surface area contributed by atoms with Gasteiger partial charge in [0.2, 0.25) is 17.7 Å². The number of carbonyl (C=O) groups excluding carboxylic acids is 4. The van der Waals surface area contributed by atoms with Crippen LogP contribution >= 0.6 is 0 Å². The Kier molecular flexibility index (Phi) is 11.7. The van der Waals surface area contributed by atoms with E-state index < -0.39 is 78.2 Å². The molecule has 54 heavy (non-hydrogen) atoms. The molecule has 0 saturated carbocycles. The smallest absolute Gasteiger partial charge is 0.415 e. The Labute approximate surface area is 312 Å². The van der Waals surface area contributed by atoms with Gasteiger partial charge in [-0.2, -0.15) is 0 Å². The van der Waals surface area contributed by atoms with E-state index in [1.807, 2.05) is 12.1 Å². The van der Waals surface area contributed by atoms with Gasteiger partial charge in [-0.05, 0) is 95.1 Å². The average Bonchev–Trinajstić information content (AvgIpc) is 3.50. The summed E-state index contributed by atoms with van der Waals surface area (Å²) < 4.78 is 18.6. The first-order valence-electron chi connectivity index (χ1n) is 18.6. The number of rotatable bonds is 15. The maximum absolute atomic E-state index is 14.1. The van der Waals surface area contributed by atoms with Crippen LogP contribution in [0.25, 0.3) is 0 Å². The van der Waals surface area contributed by atoms with Crippen molar-refractivity contribution in [1.82, 2.24) is 25.8 Å². The molecule has 4 amide bonds. The maximum atomic E-state index is 14.1. The van der Waals surface area contributed by atoms with Crippen LogP contribution in [0.5, 0.6) is 11.5 Å². The van der Waals surface area contributed by atoms with Gasteiger partial charge in [0.15, 0.2) is 17.6 Å². The lowest BCUT2D eigenvalue weighted by Gasteiger charge is -2.56. The maximum Gasteiger partial charge on any atom is 0.415 e. The predicted octanol–water partition coefficient (Wildman–Crippen LogP) is 0.481. The summed E-state index contributed by atoms with van der Waals surface area (Å²) in [7, 11) is 3.76. The number of nitrogens with two attached hydrogens (primary N) is 1. The number of carboxylic acid groups (broad SMARTS) is 2. The number of nitrogens with zero attached hydrogens (tertiary/aromatic N) is 2. The summed E-state index contributed by atoms with van der Waals surface area (Å²) in [6, 6.07) is 2.56. The highest BCUT2D eigenvalue weighted by atomic mass is 16.6. The molecule has 2 unspecified atom stereocenters. The van der Waals surface area contributed by atoms with E-state index >= 15 is 0 Å². The van der Waals surface area contributed by atoms with Crippen LogP contribution in [0.4, 0.5) is 4.79 Å². The second-order valence-corrected chi connectivity index (χ2v) is 14.9. The van der Waals surface area contributed by atoms with E-state index in [9.17, 15) is 33.9 Å². The zero-order valence-electron chi connectivity index (χ0n) is 30.6. The molecule has 3 heterocycles. The van der Waals surface area contributed by atoms with Crippen LogP contribution in [0.15, 0.2) is 24.0 Å². The number of hydrogen-bond acceptors (Lipinski definition) is 11. The summed E-state index contributed by atoms with van der Waals surface area (Å²) in [5, 5.41) is 26.2. The standard InChI is InChI=1S/C37H50N6O11/c1-42-14-11-37-23-7-9-27(33(37)54-32-26(52-2)8-6-20(31(32)37)16-25(23)42)53-36(51)43-13-10-21(35(49)50)15-22(43)18-40-34(48)24(5-3-4-12-38)41-29(45)19-39-28(44)17-30(46)47/h6,8-9,21-25,33H,3-5,7,10-19,38H2,1-2H3,(H,39,44)(H,40,48)(H,41,45)(H,46,47)(H,49,50)/t21?,22?,23-,24-,25+,33-,37-/m0/s1. The van der Waals surface area contributed by atoms with Crippen LogP contribution < -0.4 is 31.2 Å². The van der Waals surface area contributed by atoms with Gasteiger partial charge in [-0.25, -0.2) is 4.79 Å². The summed E-state index contributed by atoms with van der Waals surface area (Å²) in [4.78, 5) is 78.6. The van der Waals surface area contributed by atoms with E-state index in [2.05, 4.69) is 34.0 Å². The Balaban J connectivity index is 1.16. The summed E-state index contributed by atoms with van der Waals surface area (Å²) in [5.41, 5.74) is 7.58. The molecule has 17 nitrogen and oxygen atoms in total. The quantitative estimate of drug-likeness (QED) is 0.106. The van der Waals surface area contributed by atoms with Crippen molar-refractivity contribution in [3.63, 3.8) is 0 Å². The SMILES string of the molecule is COc1ccc2c3c1O[C@H]1C(OC(=O)N4CCC(C(=O)O)CC4CNC(=O)[C@H](CCCCN)NC(=O)CNC(=O)CC(=O)O)=CC[C@H]4[C@@H](C2)N(C)CC[C@]314. The molecule has 3 aliphatic heterocycles. The number of aliphatic carboxylic acids is 2. The fraction of sp³-hybridized carbons (Fsp3) is 0.622. The summed E-state index contributed by atoms with van der Waals surface area (Å²) >= 11 is 0. The number of allylic oxidation sites excluding steroid dienone is 1. The number of carboxylic acids is 2. The molecule has 0 aromatic heterocycles.